The molecule has 10 heteroatoms. The van der Waals surface area contributed by atoms with Crippen LogP contribution < -0.4 is 19.5 Å². The zero-order valence-electron chi connectivity index (χ0n) is 16.9. The van der Waals surface area contributed by atoms with Crippen molar-refractivity contribution in [2.24, 2.45) is 5.16 Å². The van der Waals surface area contributed by atoms with Gasteiger partial charge in [-0.1, -0.05) is 17.3 Å². The van der Waals surface area contributed by atoms with E-state index in [-0.39, 0.29) is 12.4 Å². The van der Waals surface area contributed by atoms with Crippen LogP contribution in [0.5, 0.6) is 17.2 Å². The lowest BCUT2D eigenvalue weighted by atomic mass is 10.1. The van der Waals surface area contributed by atoms with E-state index in [0.29, 0.717) is 23.0 Å². The summed E-state index contributed by atoms with van der Waals surface area (Å²) in [6.07, 6.45) is 0. The number of amides is 2. The van der Waals surface area contributed by atoms with Gasteiger partial charge in [-0.25, -0.2) is 4.79 Å². The third kappa shape index (κ3) is 5.72. The molecule has 0 saturated carbocycles. The molecule has 1 aliphatic heterocycles. The second-order valence-electron chi connectivity index (χ2n) is 6.26. The van der Waals surface area contributed by atoms with Gasteiger partial charge >= 0.3 is 5.97 Å². The van der Waals surface area contributed by atoms with Crippen LogP contribution in [0, 0.1) is 0 Å². The summed E-state index contributed by atoms with van der Waals surface area (Å²) in [4.78, 5) is 40.7. The summed E-state index contributed by atoms with van der Waals surface area (Å²) >= 11 is 0. The van der Waals surface area contributed by atoms with Crippen molar-refractivity contribution in [2.75, 3.05) is 27.1 Å². The Balaban J connectivity index is 1.42. The Kier molecular flexibility index (Phi) is 7.05. The van der Waals surface area contributed by atoms with E-state index in [2.05, 4.69) is 10.5 Å². The first kappa shape index (κ1) is 21.6. The highest BCUT2D eigenvalue weighted by Crippen LogP contribution is 2.32. The molecule has 0 unspecified atom stereocenters. The second kappa shape index (κ2) is 10.1. The monoisotopic (exact) mass is 428 g/mol. The number of fused-ring (bicyclic) bond motifs is 1. The Hall–Kier alpha value is -4.08. The second-order valence-corrected chi connectivity index (χ2v) is 6.26. The quantitative estimate of drug-likeness (QED) is 0.383. The predicted molar refractivity (Wildman–Crippen MR) is 107 cm³/mol. The molecule has 0 saturated heterocycles. The maximum Gasteiger partial charge on any atom is 0.347 e. The van der Waals surface area contributed by atoms with E-state index in [1.165, 1.54) is 13.2 Å². The predicted octanol–water partition coefficient (Wildman–Crippen LogP) is 1.66. The minimum atomic E-state index is -0.817. The standard InChI is InChI=1S/C21H20N2O8/c1-13(14-7-8-17-18(9-14)30-12-29-17)23-31-11-20(25)28-10-19(24)22-21(26)15-5-3-4-6-16(15)27-2/h3-9H,10-12H2,1-2H3,(H,22,24,26)/b23-13+. The van der Waals surface area contributed by atoms with E-state index < -0.39 is 31.0 Å². The molecule has 1 aliphatic rings. The van der Waals surface area contributed by atoms with Crippen LogP contribution in [0.25, 0.3) is 0 Å². The van der Waals surface area contributed by atoms with Crippen molar-refractivity contribution in [1.29, 1.82) is 0 Å². The number of hydrogen-bond acceptors (Lipinski definition) is 9. The molecule has 0 atom stereocenters. The van der Waals surface area contributed by atoms with Crippen molar-refractivity contribution in [1.82, 2.24) is 5.32 Å². The molecule has 31 heavy (non-hydrogen) atoms. The summed E-state index contributed by atoms with van der Waals surface area (Å²) in [5.41, 5.74) is 1.42. The Labute approximate surface area is 177 Å². The van der Waals surface area contributed by atoms with Gasteiger partial charge in [-0.3, -0.25) is 14.9 Å². The number of esters is 1. The van der Waals surface area contributed by atoms with Crippen molar-refractivity contribution in [3.63, 3.8) is 0 Å². The maximum absolute atomic E-state index is 12.1. The van der Waals surface area contributed by atoms with Gasteiger partial charge in [0.05, 0.1) is 18.4 Å². The topological polar surface area (TPSA) is 122 Å². The van der Waals surface area contributed by atoms with E-state index in [0.717, 1.165) is 5.56 Å². The molecule has 10 nitrogen and oxygen atoms in total. The van der Waals surface area contributed by atoms with Crippen molar-refractivity contribution >= 4 is 23.5 Å². The zero-order chi connectivity index (χ0) is 22.2. The first-order valence-corrected chi connectivity index (χ1v) is 9.17. The third-order valence-corrected chi connectivity index (χ3v) is 4.14. The highest BCUT2D eigenvalue weighted by Gasteiger charge is 2.17. The Bertz CT molecular complexity index is 1020. The van der Waals surface area contributed by atoms with Crippen LogP contribution in [0.1, 0.15) is 22.8 Å². The SMILES string of the molecule is COc1ccccc1C(=O)NC(=O)COC(=O)CO/N=C(\C)c1ccc2c(c1)OCO2. The van der Waals surface area contributed by atoms with Gasteiger partial charge in [-0.2, -0.15) is 0 Å². The van der Waals surface area contributed by atoms with Crippen LogP contribution in [0.3, 0.4) is 0 Å². The fraction of sp³-hybridized carbons (Fsp3) is 0.238. The number of nitrogens with one attached hydrogen (secondary N) is 1. The number of rotatable bonds is 8. The molecule has 1 N–H and O–H groups in total. The van der Waals surface area contributed by atoms with Gasteiger partial charge in [0.1, 0.15) is 5.75 Å². The van der Waals surface area contributed by atoms with Gasteiger partial charge in [-0.05, 0) is 37.3 Å². The molecule has 0 radical (unpaired) electrons. The minimum absolute atomic E-state index is 0.162. The molecule has 0 fully saturated rings. The smallest absolute Gasteiger partial charge is 0.347 e. The molecule has 0 aliphatic carbocycles. The van der Waals surface area contributed by atoms with E-state index in [9.17, 15) is 14.4 Å². The summed E-state index contributed by atoms with van der Waals surface area (Å²) in [6.45, 7) is 0.707. The number of hydrogen-bond donors (Lipinski definition) is 1. The van der Waals surface area contributed by atoms with E-state index >= 15 is 0 Å². The number of carbonyl (C=O) groups excluding carboxylic acids is 3. The normalized spacial score (nSPS) is 12.1. The number of ether oxygens (including phenoxy) is 4. The van der Waals surface area contributed by atoms with Gasteiger partial charge in [0.15, 0.2) is 18.1 Å². The van der Waals surface area contributed by atoms with Crippen LogP contribution in [0.15, 0.2) is 47.6 Å². The summed E-state index contributed by atoms with van der Waals surface area (Å²) in [5, 5.41) is 5.96. The Morgan fingerprint density at radius 3 is 2.65 bits per heavy atom. The van der Waals surface area contributed by atoms with E-state index in [1.54, 1.807) is 43.3 Å². The molecular formula is C21H20N2O8. The fourth-order valence-electron chi connectivity index (χ4n) is 2.61. The molecule has 162 valence electrons. The molecular weight excluding hydrogens is 408 g/mol. The lowest BCUT2D eigenvalue weighted by Gasteiger charge is -2.08. The highest BCUT2D eigenvalue weighted by molar-refractivity contribution is 6.06. The van der Waals surface area contributed by atoms with Crippen LogP contribution >= 0.6 is 0 Å². The van der Waals surface area contributed by atoms with Gasteiger partial charge in [0.2, 0.25) is 13.4 Å². The van der Waals surface area contributed by atoms with Crippen molar-refractivity contribution < 1.29 is 38.2 Å². The Morgan fingerprint density at radius 1 is 1.06 bits per heavy atom. The van der Waals surface area contributed by atoms with Crippen molar-refractivity contribution in [2.45, 2.75) is 6.92 Å². The number of nitrogens with zero attached hydrogens (tertiary/aromatic N) is 1. The molecule has 0 aromatic heterocycles. The van der Waals surface area contributed by atoms with E-state index in [1.807, 2.05) is 0 Å². The van der Waals surface area contributed by atoms with Crippen LogP contribution in [-0.2, 0) is 19.2 Å². The number of methoxy groups -OCH3 is 1. The zero-order valence-corrected chi connectivity index (χ0v) is 16.9. The van der Waals surface area contributed by atoms with Gasteiger partial charge in [0, 0.05) is 5.56 Å². The van der Waals surface area contributed by atoms with Gasteiger partial charge in [-0.15, -0.1) is 0 Å². The minimum Gasteiger partial charge on any atom is -0.496 e. The number of imide groups is 1. The maximum atomic E-state index is 12.1. The summed E-state index contributed by atoms with van der Waals surface area (Å²) in [6, 6.07) is 11.7. The number of para-hydroxylation sites is 1. The summed E-state index contributed by atoms with van der Waals surface area (Å²) < 4.78 is 20.4. The van der Waals surface area contributed by atoms with Crippen LogP contribution in [-0.4, -0.2) is 50.6 Å². The molecule has 2 amide bonds. The van der Waals surface area contributed by atoms with Crippen molar-refractivity contribution in [3.05, 3.63) is 53.6 Å². The first-order chi connectivity index (χ1) is 15.0. The Morgan fingerprint density at radius 2 is 1.84 bits per heavy atom. The first-order valence-electron chi connectivity index (χ1n) is 9.17. The number of carbonyl (C=O) groups is 3. The lowest BCUT2D eigenvalue weighted by Crippen LogP contribution is -2.34. The summed E-state index contributed by atoms with van der Waals surface area (Å²) in [5.74, 6) is -0.720. The van der Waals surface area contributed by atoms with Gasteiger partial charge < -0.3 is 23.8 Å². The average molecular weight is 428 g/mol. The fourth-order valence-corrected chi connectivity index (χ4v) is 2.61. The number of benzene rings is 2. The largest absolute Gasteiger partial charge is 0.496 e. The lowest BCUT2D eigenvalue weighted by molar-refractivity contribution is -0.152. The third-order valence-electron chi connectivity index (χ3n) is 4.14. The van der Waals surface area contributed by atoms with Gasteiger partial charge in [0.25, 0.3) is 11.8 Å². The molecule has 2 aromatic carbocycles. The molecule has 3 rings (SSSR count). The average Bonchev–Trinajstić information content (AvgIpc) is 3.25. The van der Waals surface area contributed by atoms with Crippen LogP contribution in [0.4, 0.5) is 0 Å². The van der Waals surface area contributed by atoms with Crippen molar-refractivity contribution in [3.8, 4) is 17.2 Å². The highest BCUT2D eigenvalue weighted by atomic mass is 16.7. The van der Waals surface area contributed by atoms with E-state index in [4.69, 9.17) is 23.8 Å². The molecule has 2 aromatic rings. The molecule has 0 bridgehead atoms. The molecule has 1 heterocycles. The number of oxime groups is 1. The summed E-state index contributed by atoms with van der Waals surface area (Å²) in [7, 11) is 1.41. The van der Waals surface area contributed by atoms with Crippen LogP contribution in [0.2, 0.25) is 0 Å². The molecule has 0 spiro atoms.